The second-order valence-corrected chi connectivity index (χ2v) is 8.02. The molecule has 0 aromatic heterocycles. The lowest BCUT2D eigenvalue weighted by Gasteiger charge is -2.21. The number of sulfonamides is 1. The van der Waals surface area contributed by atoms with Gasteiger partial charge in [0.25, 0.3) is 0 Å². The summed E-state index contributed by atoms with van der Waals surface area (Å²) in [5.74, 6) is 1.34. The molecule has 1 heterocycles. The van der Waals surface area contributed by atoms with Gasteiger partial charge in [-0.1, -0.05) is 6.07 Å². The number of hydrogen-bond donors (Lipinski definition) is 1. The van der Waals surface area contributed by atoms with E-state index >= 15 is 0 Å². The molecular formula is C17H19NO4S2. The average molecular weight is 365 g/mol. The largest absolute Gasteiger partial charge is 0.486 e. The van der Waals surface area contributed by atoms with Crippen molar-refractivity contribution in [3.63, 3.8) is 0 Å². The van der Waals surface area contributed by atoms with Gasteiger partial charge in [0, 0.05) is 10.9 Å². The van der Waals surface area contributed by atoms with Gasteiger partial charge in [0.2, 0.25) is 10.0 Å². The third kappa shape index (κ3) is 3.68. The van der Waals surface area contributed by atoms with Gasteiger partial charge in [0.15, 0.2) is 11.5 Å². The molecule has 0 fully saturated rings. The molecule has 0 unspecified atom stereocenters. The first-order valence-electron chi connectivity index (χ1n) is 7.55. The fourth-order valence-electron chi connectivity index (χ4n) is 2.45. The van der Waals surface area contributed by atoms with Crippen molar-refractivity contribution >= 4 is 21.8 Å². The van der Waals surface area contributed by atoms with Gasteiger partial charge in [-0.2, -0.15) is 0 Å². The van der Waals surface area contributed by atoms with Gasteiger partial charge in [0.1, 0.15) is 13.2 Å². The molecule has 0 aliphatic carbocycles. The summed E-state index contributed by atoms with van der Waals surface area (Å²) in [6.07, 6.45) is 1.95. The van der Waals surface area contributed by atoms with Gasteiger partial charge in [-0.05, 0) is 55.1 Å². The van der Waals surface area contributed by atoms with Crippen molar-refractivity contribution in [1.82, 2.24) is 4.72 Å². The van der Waals surface area contributed by atoms with Crippen LogP contribution in [0.3, 0.4) is 0 Å². The van der Waals surface area contributed by atoms with Crippen LogP contribution in [0.1, 0.15) is 18.5 Å². The Kier molecular flexibility index (Phi) is 5.03. The van der Waals surface area contributed by atoms with Crippen molar-refractivity contribution in [2.75, 3.05) is 19.5 Å². The maximum Gasteiger partial charge on any atom is 0.241 e. The van der Waals surface area contributed by atoms with E-state index in [9.17, 15) is 8.42 Å². The van der Waals surface area contributed by atoms with Gasteiger partial charge < -0.3 is 9.47 Å². The highest BCUT2D eigenvalue weighted by Crippen LogP contribution is 2.33. The normalized spacial score (nSPS) is 15.1. The third-order valence-corrected chi connectivity index (χ3v) is 6.07. The molecule has 0 spiro atoms. The molecule has 0 amide bonds. The van der Waals surface area contributed by atoms with Crippen molar-refractivity contribution in [1.29, 1.82) is 0 Å². The molecule has 1 aliphatic heterocycles. The number of fused-ring (bicyclic) bond motifs is 1. The Morgan fingerprint density at radius 1 is 1.04 bits per heavy atom. The summed E-state index contributed by atoms with van der Waals surface area (Å²) in [4.78, 5) is 1.28. The highest BCUT2D eigenvalue weighted by Gasteiger charge is 2.20. The summed E-state index contributed by atoms with van der Waals surface area (Å²) in [6, 6.07) is 11.9. The Morgan fingerprint density at radius 2 is 1.71 bits per heavy atom. The van der Waals surface area contributed by atoms with Crippen LogP contribution in [0.15, 0.2) is 52.3 Å². The number of nitrogens with one attached hydrogen (secondary N) is 1. The highest BCUT2D eigenvalue weighted by molar-refractivity contribution is 7.98. The Labute approximate surface area is 146 Å². The van der Waals surface area contributed by atoms with Gasteiger partial charge in [-0.25, -0.2) is 13.1 Å². The first-order valence-corrected chi connectivity index (χ1v) is 10.3. The van der Waals surface area contributed by atoms with Crippen molar-refractivity contribution in [3.8, 4) is 11.5 Å². The molecule has 1 N–H and O–H groups in total. The molecular weight excluding hydrogens is 346 g/mol. The van der Waals surface area contributed by atoms with Crippen molar-refractivity contribution in [3.05, 3.63) is 48.0 Å². The van der Waals surface area contributed by atoms with E-state index in [-0.39, 0.29) is 10.9 Å². The smallest absolute Gasteiger partial charge is 0.241 e. The molecule has 2 aromatic rings. The zero-order chi connectivity index (χ0) is 17.2. The van der Waals surface area contributed by atoms with E-state index in [2.05, 4.69) is 4.72 Å². The topological polar surface area (TPSA) is 64.6 Å². The second-order valence-electron chi connectivity index (χ2n) is 5.42. The first-order chi connectivity index (χ1) is 11.5. The molecule has 1 aliphatic rings. The molecule has 24 heavy (non-hydrogen) atoms. The van der Waals surface area contributed by atoms with Crippen LogP contribution < -0.4 is 14.2 Å². The number of benzene rings is 2. The number of thioether (sulfide) groups is 1. The van der Waals surface area contributed by atoms with E-state index in [1.54, 1.807) is 43.0 Å². The van der Waals surface area contributed by atoms with Gasteiger partial charge in [-0.15, -0.1) is 11.8 Å². The minimum atomic E-state index is -3.59. The Balaban J connectivity index is 1.78. The summed E-state index contributed by atoms with van der Waals surface area (Å²) in [7, 11) is -3.59. The van der Waals surface area contributed by atoms with Crippen molar-refractivity contribution < 1.29 is 17.9 Å². The second kappa shape index (κ2) is 7.04. The SMILES string of the molecule is CSc1ccc(S(=O)(=O)N[C@H](C)c2ccc3c(c2)OCCO3)cc1. The fraction of sp³-hybridized carbons (Fsp3) is 0.294. The van der Waals surface area contributed by atoms with E-state index in [1.807, 2.05) is 24.5 Å². The zero-order valence-corrected chi connectivity index (χ0v) is 15.1. The predicted molar refractivity (Wildman–Crippen MR) is 94.4 cm³/mol. The van der Waals surface area contributed by atoms with Crippen molar-refractivity contribution in [2.24, 2.45) is 0 Å². The number of ether oxygens (including phenoxy) is 2. The number of hydrogen-bond acceptors (Lipinski definition) is 5. The summed E-state index contributed by atoms with van der Waals surface area (Å²) in [5.41, 5.74) is 0.823. The van der Waals surface area contributed by atoms with Crippen LogP contribution in [0.2, 0.25) is 0 Å². The molecule has 0 saturated carbocycles. The lowest BCUT2D eigenvalue weighted by molar-refractivity contribution is 0.171. The Bertz CT molecular complexity index is 819. The van der Waals surface area contributed by atoms with E-state index in [0.717, 1.165) is 10.5 Å². The lowest BCUT2D eigenvalue weighted by atomic mass is 10.1. The van der Waals surface area contributed by atoms with E-state index in [4.69, 9.17) is 9.47 Å². The standard InChI is InChI=1S/C17H19NO4S2/c1-12(13-3-8-16-17(11-13)22-10-9-21-16)18-24(19,20)15-6-4-14(23-2)5-7-15/h3-8,11-12,18H,9-10H2,1-2H3/t12-/m1/s1. The highest BCUT2D eigenvalue weighted by atomic mass is 32.2. The molecule has 5 nitrogen and oxygen atoms in total. The summed E-state index contributed by atoms with van der Waals surface area (Å²) < 4.78 is 38.8. The fourth-order valence-corrected chi connectivity index (χ4v) is 4.09. The summed E-state index contributed by atoms with van der Waals surface area (Å²) in [6.45, 7) is 2.83. The third-order valence-electron chi connectivity index (χ3n) is 3.77. The van der Waals surface area contributed by atoms with Crippen LogP contribution in [-0.4, -0.2) is 27.9 Å². The molecule has 128 valence electrons. The quantitative estimate of drug-likeness (QED) is 0.824. The van der Waals surface area contributed by atoms with Crippen LogP contribution in [0.4, 0.5) is 0 Å². The molecule has 3 rings (SSSR count). The molecule has 7 heteroatoms. The molecule has 1 atom stereocenters. The zero-order valence-electron chi connectivity index (χ0n) is 13.5. The first kappa shape index (κ1) is 17.1. The monoisotopic (exact) mass is 365 g/mol. The van der Waals surface area contributed by atoms with Crippen LogP contribution in [0.25, 0.3) is 0 Å². The van der Waals surface area contributed by atoms with Crippen LogP contribution >= 0.6 is 11.8 Å². The molecule has 2 aromatic carbocycles. The van der Waals surface area contributed by atoms with Gasteiger partial charge in [0.05, 0.1) is 4.90 Å². The molecule has 0 radical (unpaired) electrons. The van der Waals surface area contributed by atoms with E-state index in [0.29, 0.717) is 24.7 Å². The Morgan fingerprint density at radius 3 is 2.38 bits per heavy atom. The summed E-state index contributed by atoms with van der Waals surface area (Å²) >= 11 is 1.57. The minimum Gasteiger partial charge on any atom is -0.486 e. The maximum atomic E-state index is 12.5. The minimum absolute atomic E-state index is 0.254. The average Bonchev–Trinajstić information content (AvgIpc) is 2.61. The Hall–Kier alpha value is -1.70. The lowest BCUT2D eigenvalue weighted by Crippen LogP contribution is -2.27. The van der Waals surface area contributed by atoms with E-state index < -0.39 is 10.0 Å². The van der Waals surface area contributed by atoms with Gasteiger partial charge in [-0.3, -0.25) is 0 Å². The van der Waals surface area contributed by atoms with Crippen LogP contribution in [0, 0.1) is 0 Å². The predicted octanol–water partition coefficient (Wildman–Crippen LogP) is 3.22. The maximum absolute atomic E-state index is 12.5. The van der Waals surface area contributed by atoms with E-state index in [1.165, 1.54) is 0 Å². The van der Waals surface area contributed by atoms with Crippen LogP contribution in [-0.2, 0) is 10.0 Å². The van der Waals surface area contributed by atoms with Crippen molar-refractivity contribution in [2.45, 2.75) is 22.8 Å². The van der Waals surface area contributed by atoms with Crippen LogP contribution in [0.5, 0.6) is 11.5 Å². The molecule has 0 saturated heterocycles. The summed E-state index contributed by atoms with van der Waals surface area (Å²) in [5, 5.41) is 0. The molecule has 0 bridgehead atoms. The number of rotatable bonds is 5. The van der Waals surface area contributed by atoms with Gasteiger partial charge >= 0.3 is 0 Å².